The number of hydrogen-bond donors (Lipinski definition) is 1. The summed E-state index contributed by atoms with van der Waals surface area (Å²) >= 11 is 0. The van der Waals surface area contributed by atoms with Gasteiger partial charge in [0.15, 0.2) is 0 Å². The monoisotopic (exact) mass is 238 g/mol. The van der Waals surface area contributed by atoms with Crippen LogP contribution in [0.5, 0.6) is 5.88 Å². The maximum Gasteiger partial charge on any atom is 0.217 e. The topological polar surface area (TPSA) is 56.5 Å². The van der Waals surface area contributed by atoms with Crippen LogP contribution in [0.3, 0.4) is 0 Å². The highest BCUT2D eigenvalue weighted by molar-refractivity contribution is 5.37. The standard InChI is InChI=1S/C12H18N2O3/c1-8-10(12(16-3)14(2)13-8)11(15)9-6-4-5-7-17-9/h6,11,15H,4-5,7H2,1-3H3. The Balaban J connectivity index is 2.35. The maximum absolute atomic E-state index is 10.3. The molecule has 1 aromatic heterocycles. The van der Waals surface area contributed by atoms with E-state index in [0.29, 0.717) is 23.8 Å². The minimum absolute atomic E-state index is 0.574. The van der Waals surface area contributed by atoms with Crippen molar-refractivity contribution in [3.8, 4) is 5.88 Å². The van der Waals surface area contributed by atoms with Crippen LogP contribution < -0.4 is 4.74 Å². The Morgan fingerprint density at radius 1 is 1.59 bits per heavy atom. The molecule has 0 amide bonds. The lowest BCUT2D eigenvalue weighted by Gasteiger charge is -2.20. The molecule has 0 bridgehead atoms. The van der Waals surface area contributed by atoms with Crippen molar-refractivity contribution in [1.29, 1.82) is 0 Å². The number of aliphatic hydroxyl groups is 1. The quantitative estimate of drug-likeness (QED) is 0.866. The molecule has 2 heterocycles. The van der Waals surface area contributed by atoms with Gasteiger partial charge in [0.1, 0.15) is 11.9 Å². The zero-order valence-electron chi connectivity index (χ0n) is 10.4. The van der Waals surface area contributed by atoms with Gasteiger partial charge >= 0.3 is 0 Å². The van der Waals surface area contributed by atoms with Gasteiger partial charge < -0.3 is 14.6 Å². The van der Waals surface area contributed by atoms with Crippen LogP contribution in [0.25, 0.3) is 0 Å². The molecule has 1 N–H and O–H groups in total. The zero-order valence-corrected chi connectivity index (χ0v) is 10.4. The SMILES string of the molecule is COc1c(C(O)C2=CCCCO2)c(C)nn1C. The number of aryl methyl sites for hydroxylation is 2. The van der Waals surface area contributed by atoms with Gasteiger partial charge in [0.2, 0.25) is 5.88 Å². The summed E-state index contributed by atoms with van der Waals surface area (Å²) in [6.07, 6.45) is 3.08. The van der Waals surface area contributed by atoms with Gasteiger partial charge in [0.25, 0.3) is 0 Å². The van der Waals surface area contributed by atoms with Gasteiger partial charge in [0.05, 0.1) is 25.0 Å². The Kier molecular flexibility index (Phi) is 3.38. The molecule has 1 atom stereocenters. The van der Waals surface area contributed by atoms with Gasteiger partial charge in [-0.25, -0.2) is 4.68 Å². The Morgan fingerprint density at radius 2 is 2.35 bits per heavy atom. The normalized spacial score (nSPS) is 17.3. The van der Waals surface area contributed by atoms with E-state index in [0.717, 1.165) is 18.5 Å². The fourth-order valence-electron chi connectivity index (χ4n) is 2.12. The largest absolute Gasteiger partial charge is 0.495 e. The summed E-state index contributed by atoms with van der Waals surface area (Å²) in [7, 11) is 3.36. The van der Waals surface area contributed by atoms with Crippen molar-refractivity contribution in [2.45, 2.75) is 25.9 Å². The molecule has 0 saturated carbocycles. The molecule has 1 unspecified atom stereocenters. The predicted molar refractivity (Wildman–Crippen MR) is 62.7 cm³/mol. The van der Waals surface area contributed by atoms with Crippen LogP contribution in [0.15, 0.2) is 11.8 Å². The molecule has 0 aromatic carbocycles. The highest BCUT2D eigenvalue weighted by Gasteiger charge is 2.26. The van der Waals surface area contributed by atoms with E-state index in [1.54, 1.807) is 18.8 Å². The number of aromatic nitrogens is 2. The molecule has 1 aliphatic rings. The van der Waals surface area contributed by atoms with Gasteiger partial charge in [-0.1, -0.05) is 0 Å². The van der Waals surface area contributed by atoms with E-state index in [9.17, 15) is 5.11 Å². The van der Waals surface area contributed by atoms with Crippen LogP contribution in [0.2, 0.25) is 0 Å². The first-order valence-corrected chi connectivity index (χ1v) is 5.73. The van der Waals surface area contributed by atoms with Crippen LogP contribution in [-0.4, -0.2) is 28.6 Å². The van der Waals surface area contributed by atoms with E-state index in [4.69, 9.17) is 9.47 Å². The first-order chi connectivity index (χ1) is 8.15. The van der Waals surface area contributed by atoms with Crippen LogP contribution in [-0.2, 0) is 11.8 Å². The molecular formula is C12H18N2O3. The summed E-state index contributed by atoms with van der Waals surface area (Å²) in [5.41, 5.74) is 1.44. The minimum atomic E-state index is -0.793. The molecule has 17 heavy (non-hydrogen) atoms. The molecule has 0 radical (unpaired) electrons. The number of rotatable bonds is 3. The summed E-state index contributed by atoms with van der Waals surface area (Å²) in [6, 6.07) is 0. The van der Waals surface area contributed by atoms with E-state index < -0.39 is 6.10 Å². The summed E-state index contributed by atoms with van der Waals surface area (Å²) < 4.78 is 12.4. The highest BCUT2D eigenvalue weighted by atomic mass is 16.5. The lowest BCUT2D eigenvalue weighted by atomic mass is 10.1. The number of aliphatic hydroxyl groups excluding tert-OH is 1. The summed E-state index contributed by atoms with van der Waals surface area (Å²) in [5, 5.41) is 14.6. The number of allylic oxidation sites excluding steroid dienone is 1. The third kappa shape index (κ3) is 2.15. The summed E-state index contributed by atoms with van der Waals surface area (Å²) in [5.74, 6) is 1.18. The maximum atomic E-state index is 10.3. The first kappa shape index (κ1) is 12.0. The average Bonchev–Trinajstić information content (AvgIpc) is 2.63. The van der Waals surface area contributed by atoms with Crippen molar-refractivity contribution in [3.63, 3.8) is 0 Å². The smallest absolute Gasteiger partial charge is 0.217 e. The van der Waals surface area contributed by atoms with Crippen LogP contribution in [0.1, 0.15) is 30.2 Å². The van der Waals surface area contributed by atoms with E-state index >= 15 is 0 Å². The van der Waals surface area contributed by atoms with Crippen molar-refractivity contribution in [1.82, 2.24) is 9.78 Å². The third-order valence-corrected chi connectivity index (χ3v) is 2.91. The average molecular weight is 238 g/mol. The second-order valence-corrected chi connectivity index (χ2v) is 4.13. The predicted octanol–water partition coefficient (Wildman–Crippen LogP) is 1.46. The molecule has 5 heteroatoms. The van der Waals surface area contributed by atoms with E-state index in [2.05, 4.69) is 5.10 Å². The summed E-state index contributed by atoms with van der Waals surface area (Å²) in [6.45, 7) is 2.51. The zero-order chi connectivity index (χ0) is 12.4. The number of ether oxygens (including phenoxy) is 2. The fraction of sp³-hybridized carbons (Fsp3) is 0.583. The minimum Gasteiger partial charge on any atom is -0.495 e. The molecular weight excluding hydrogens is 220 g/mol. The second-order valence-electron chi connectivity index (χ2n) is 4.13. The van der Waals surface area contributed by atoms with Gasteiger partial charge in [-0.2, -0.15) is 5.10 Å². The molecule has 2 rings (SSSR count). The van der Waals surface area contributed by atoms with Crippen molar-refractivity contribution in [2.75, 3.05) is 13.7 Å². The van der Waals surface area contributed by atoms with Crippen molar-refractivity contribution in [2.24, 2.45) is 7.05 Å². The number of hydrogen-bond acceptors (Lipinski definition) is 4. The first-order valence-electron chi connectivity index (χ1n) is 5.73. The van der Waals surface area contributed by atoms with Gasteiger partial charge in [-0.3, -0.25) is 0 Å². The Morgan fingerprint density at radius 3 is 2.94 bits per heavy atom. The van der Waals surface area contributed by atoms with Crippen molar-refractivity contribution in [3.05, 3.63) is 23.1 Å². The molecule has 1 aliphatic heterocycles. The Labute approximate surface area is 101 Å². The van der Waals surface area contributed by atoms with E-state index in [1.165, 1.54) is 0 Å². The van der Waals surface area contributed by atoms with Gasteiger partial charge in [-0.05, 0) is 25.8 Å². The Hall–Kier alpha value is -1.49. The molecule has 0 spiro atoms. The lowest BCUT2D eigenvalue weighted by molar-refractivity contribution is 0.0897. The molecule has 0 fully saturated rings. The van der Waals surface area contributed by atoms with Crippen molar-refractivity contribution < 1.29 is 14.6 Å². The molecule has 1 aromatic rings. The van der Waals surface area contributed by atoms with Gasteiger partial charge in [-0.15, -0.1) is 0 Å². The number of methoxy groups -OCH3 is 1. The van der Waals surface area contributed by atoms with E-state index in [-0.39, 0.29) is 0 Å². The van der Waals surface area contributed by atoms with Crippen LogP contribution >= 0.6 is 0 Å². The third-order valence-electron chi connectivity index (χ3n) is 2.91. The fourth-order valence-corrected chi connectivity index (χ4v) is 2.12. The molecule has 0 aliphatic carbocycles. The van der Waals surface area contributed by atoms with Crippen LogP contribution in [0.4, 0.5) is 0 Å². The van der Waals surface area contributed by atoms with Gasteiger partial charge in [0, 0.05) is 7.05 Å². The lowest BCUT2D eigenvalue weighted by Crippen LogP contribution is -2.11. The Bertz CT molecular complexity index is 437. The highest BCUT2D eigenvalue weighted by Crippen LogP contribution is 2.34. The molecule has 5 nitrogen and oxygen atoms in total. The number of nitrogens with zero attached hydrogens (tertiary/aromatic N) is 2. The van der Waals surface area contributed by atoms with Crippen LogP contribution in [0, 0.1) is 6.92 Å². The summed E-state index contributed by atoms with van der Waals surface area (Å²) in [4.78, 5) is 0. The molecule has 0 saturated heterocycles. The molecule has 94 valence electrons. The van der Waals surface area contributed by atoms with Crippen molar-refractivity contribution >= 4 is 0 Å². The van der Waals surface area contributed by atoms with E-state index in [1.807, 2.05) is 13.0 Å². The second kappa shape index (κ2) is 4.79.